The van der Waals surface area contributed by atoms with Crippen molar-refractivity contribution in [1.29, 1.82) is 5.41 Å². The van der Waals surface area contributed by atoms with Crippen molar-refractivity contribution in [2.24, 2.45) is 45.7 Å². The van der Waals surface area contributed by atoms with E-state index in [-0.39, 0.29) is 41.4 Å². The molecule has 0 aliphatic heterocycles. The van der Waals surface area contributed by atoms with E-state index in [1.807, 2.05) is 24.3 Å². The van der Waals surface area contributed by atoms with Crippen molar-refractivity contribution in [3.8, 4) is 0 Å². The van der Waals surface area contributed by atoms with Crippen molar-refractivity contribution >= 4 is 35.5 Å². The van der Waals surface area contributed by atoms with E-state index in [2.05, 4.69) is 15.6 Å². The highest BCUT2D eigenvalue weighted by atomic mass is 19.4. The van der Waals surface area contributed by atoms with Gasteiger partial charge in [0.05, 0.1) is 0 Å². The first-order valence-corrected chi connectivity index (χ1v) is 16.3. The first-order valence-electron chi connectivity index (χ1n) is 16.3. The SMILES string of the molecule is N=C(N)c1ccc(C[C@H](C(=O)N[C@H](C(=O)NC(CCCN=C(N)N)C(N)=O)C2CCCCC2)C2CCCCC2)cc1.O=C(O)C(F)(F)F. The molecule has 16 heteroatoms. The summed E-state index contributed by atoms with van der Waals surface area (Å²) in [6.45, 7) is 0.321. The van der Waals surface area contributed by atoms with Crippen LogP contribution in [0.4, 0.5) is 13.2 Å². The molecule has 0 aromatic heterocycles. The minimum Gasteiger partial charge on any atom is -0.475 e. The van der Waals surface area contributed by atoms with Crippen LogP contribution in [-0.2, 0) is 25.6 Å². The Morgan fingerprint density at radius 3 is 1.83 bits per heavy atom. The van der Waals surface area contributed by atoms with Crippen LogP contribution in [-0.4, -0.2) is 65.4 Å². The smallest absolute Gasteiger partial charge is 0.475 e. The average molecular weight is 683 g/mol. The number of aliphatic carboxylic acids is 1. The molecule has 1 aromatic rings. The second kappa shape index (κ2) is 19.5. The standard InChI is InChI=1S/C30H48N8O3.C2HF3O2/c31-26(32)22-15-13-19(14-16-22)18-23(20-8-3-1-4-9-20)28(40)38-25(21-10-5-2-6-11-21)29(41)37-24(27(33)39)12-7-17-36-30(34)35;3-2(4,5)1(6)7/h13-16,20-21,23-25H,1-12,17-18H2,(H3,31,32)(H2,33,39)(H,37,41)(H,38,40)(H4,34,35,36);(H,6,7)/t23-,24?,25-;/m0./s1. The van der Waals surface area contributed by atoms with E-state index < -0.39 is 30.1 Å². The number of rotatable bonds is 14. The summed E-state index contributed by atoms with van der Waals surface area (Å²) in [6.07, 6.45) is 6.30. The van der Waals surface area contributed by atoms with Gasteiger partial charge in [0.1, 0.15) is 17.9 Å². The van der Waals surface area contributed by atoms with Gasteiger partial charge in [0.25, 0.3) is 0 Å². The van der Waals surface area contributed by atoms with Crippen LogP contribution in [0, 0.1) is 23.2 Å². The number of nitrogens with two attached hydrogens (primary N) is 4. The molecule has 2 saturated carbocycles. The second-order valence-corrected chi connectivity index (χ2v) is 12.4. The fraction of sp³-hybridized carbons (Fsp3) is 0.625. The quantitative estimate of drug-likeness (QED) is 0.0820. The highest BCUT2D eigenvalue weighted by molar-refractivity contribution is 5.95. The monoisotopic (exact) mass is 682 g/mol. The van der Waals surface area contributed by atoms with Gasteiger partial charge in [-0.15, -0.1) is 0 Å². The third-order valence-electron chi connectivity index (χ3n) is 8.83. The summed E-state index contributed by atoms with van der Waals surface area (Å²) in [5, 5.41) is 20.8. The number of aliphatic imine (C=N–C) groups is 1. The number of nitrogens with one attached hydrogen (secondary N) is 3. The van der Waals surface area contributed by atoms with Gasteiger partial charge in [-0.2, -0.15) is 13.2 Å². The molecule has 0 heterocycles. The molecule has 1 unspecified atom stereocenters. The van der Waals surface area contributed by atoms with Crippen LogP contribution < -0.4 is 33.6 Å². The minimum absolute atomic E-state index is 0.00460. The molecule has 3 rings (SSSR count). The maximum atomic E-state index is 14.0. The zero-order valence-corrected chi connectivity index (χ0v) is 27.1. The van der Waals surface area contributed by atoms with Gasteiger partial charge in [-0.3, -0.25) is 24.8 Å². The number of benzene rings is 1. The van der Waals surface area contributed by atoms with Crippen molar-refractivity contribution < 1.29 is 37.5 Å². The summed E-state index contributed by atoms with van der Waals surface area (Å²) in [7, 11) is 0. The minimum atomic E-state index is -5.08. The summed E-state index contributed by atoms with van der Waals surface area (Å²) >= 11 is 0. The molecule has 1 aromatic carbocycles. The molecular weight excluding hydrogens is 633 g/mol. The van der Waals surface area contributed by atoms with Crippen LogP contribution in [0.2, 0.25) is 0 Å². The van der Waals surface area contributed by atoms with Gasteiger partial charge in [0.2, 0.25) is 17.7 Å². The summed E-state index contributed by atoms with van der Waals surface area (Å²) in [4.78, 5) is 52.7. The molecule has 48 heavy (non-hydrogen) atoms. The number of carbonyl (C=O) groups excluding carboxylic acids is 3. The number of nitrogens with zero attached hydrogens (tertiary/aromatic N) is 1. The van der Waals surface area contributed by atoms with Gasteiger partial charge in [0, 0.05) is 18.0 Å². The summed E-state index contributed by atoms with van der Waals surface area (Å²) < 4.78 is 31.7. The molecule has 0 saturated heterocycles. The molecule has 2 aliphatic rings. The summed E-state index contributed by atoms with van der Waals surface area (Å²) in [5.74, 6) is -3.99. The van der Waals surface area contributed by atoms with Gasteiger partial charge < -0.3 is 38.7 Å². The Labute approximate surface area is 278 Å². The van der Waals surface area contributed by atoms with Gasteiger partial charge in [-0.25, -0.2) is 4.79 Å². The van der Waals surface area contributed by atoms with Gasteiger partial charge in [-0.05, 0) is 62.3 Å². The number of carbonyl (C=O) groups is 4. The molecule has 13 nitrogen and oxygen atoms in total. The topological polar surface area (TPSA) is 253 Å². The van der Waals surface area contributed by atoms with Crippen LogP contribution >= 0.6 is 0 Å². The Morgan fingerprint density at radius 1 is 0.854 bits per heavy atom. The van der Waals surface area contributed by atoms with E-state index in [4.69, 9.17) is 38.2 Å². The lowest BCUT2D eigenvalue weighted by molar-refractivity contribution is -0.192. The first kappa shape index (κ1) is 39.8. The number of carboxylic acid groups (broad SMARTS) is 1. The van der Waals surface area contributed by atoms with E-state index in [1.54, 1.807) is 0 Å². The van der Waals surface area contributed by atoms with Crippen molar-refractivity contribution in [2.45, 2.75) is 102 Å². The number of nitrogen functional groups attached to an aromatic ring is 1. The van der Waals surface area contributed by atoms with Crippen molar-refractivity contribution in [1.82, 2.24) is 10.6 Å². The molecule has 3 amide bonds. The molecule has 3 atom stereocenters. The number of halogens is 3. The van der Waals surface area contributed by atoms with Crippen LogP contribution in [0.1, 0.15) is 88.2 Å². The predicted octanol–water partition coefficient (Wildman–Crippen LogP) is 2.43. The normalized spacial score (nSPS) is 17.4. The highest BCUT2D eigenvalue weighted by Gasteiger charge is 2.38. The lowest BCUT2D eigenvalue weighted by atomic mass is 9.76. The predicted molar refractivity (Wildman–Crippen MR) is 174 cm³/mol. The largest absolute Gasteiger partial charge is 0.490 e. The third kappa shape index (κ3) is 13.8. The van der Waals surface area contributed by atoms with Crippen molar-refractivity contribution in [3.63, 3.8) is 0 Å². The Balaban J connectivity index is 0.00000103. The van der Waals surface area contributed by atoms with E-state index in [0.29, 0.717) is 31.4 Å². The molecule has 2 fully saturated rings. The fourth-order valence-corrected chi connectivity index (χ4v) is 6.26. The van der Waals surface area contributed by atoms with Gasteiger partial charge in [0.15, 0.2) is 5.96 Å². The maximum Gasteiger partial charge on any atom is 0.490 e. The van der Waals surface area contributed by atoms with Crippen molar-refractivity contribution in [2.75, 3.05) is 6.54 Å². The first-order chi connectivity index (χ1) is 22.6. The number of hydrogen-bond acceptors (Lipinski definition) is 6. The number of primary amides is 1. The zero-order chi connectivity index (χ0) is 35.9. The van der Waals surface area contributed by atoms with E-state index in [9.17, 15) is 27.6 Å². The molecular formula is C32H49F3N8O5. The van der Waals surface area contributed by atoms with E-state index in [0.717, 1.165) is 63.4 Å². The second-order valence-electron chi connectivity index (χ2n) is 12.4. The molecule has 0 spiro atoms. The number of amidine groups is 1. The zero-order valence-electron chi connectivity index (χ0n) is 27.1. The number of amides is 3. The third-order valence-corrected chi connectivity index (χ3v) is 8.83. The number of hydrogen-bond donors (Lipinski definition) is 8. The Hall–Kier alpha value is -4.37. The van der Waals surface area contributed by atoms with E-state index >= 15 is 0 Å². The lowest BCUT2D eigenvalue weighted by Crippen LogP contribution is -2.57. The summed E-state index contributed by atoms with van der Waals surface area (Å²) in [6, 6.07) is 5.84. The molecule has 0 radical (unpaired) electrons. The Bertz CT molecular complexity index is 1260. The highest BCUT2D eigenvalue weighted by Crippen LogP contribution is 2.33. The van der Waals surface area contributed by atoms with Gasteiger partial charge in [-0.1, -0.05) is 62.8 Å². The molecule has 12 N–H and O–H groups in total. The number of carboxylic acids is 1. The molecule has 268 valence electrons. The van der Waals surface area contributed by atoms with Crippen LogP contribution in [0.3, 0.4) is 0 Å². The van der Waals surface area contributed by atoms with Crippen molar-refractivity contribution in [3.05, 3.63) is 35.4 Å². The van der Waals surface area contributed by atoms with Crippen LogP contribution in [0.15, 0.2) is 29.3 Å². The Kier molecular flexibility index (Phi) is 16.1. The molecule has 0 bridgehead atoms. The van der Waals surface area contributed by atoms with E-state index in [1.165, 1.54) is 6.42 Å². The lowest BCUT2D eigenvalue weighted by Gasteiger charge is -2.34. The summed E-state index contributed by atoms with van der Waals surface area (Å²) in [5.41, 5.74) is 23.6. The van der Waals surface area contributed by atoms with Crippen LogP contribution in [0.5, 0.6) is 0 Å². The van der Waals surface area contributed by atoms with Gasteiger partial charge >= 0.3 is 12.1 Å². The molecule has 2 aliphatic carbocycles. The maximum absolute atomic E-state index is 14.0. The number of guanidine groups is 1. The Morgan fingerprint density at radius 2 is 1.38 bits per heavy atom. The fourth-order valence-electron chi connectivity index (χ4n) is 6.26. The number of alkyl halides is 3. The average Bonchev–Trinajstić information content (AvgIpc) is 3.04. The van der Waals surface area contributed by atoms with Crippen LogP contribution in [0.25, 0.3) is 0 Å².